The zero-order valence-electron chi connectivity index (χ0n) is 23.6. The van der Waals surface area contributed by atoms with Crippen molar-refractivity contribution < 1.29 is 32.0 Å². The summed E-state index contributed by atoms with van der Waals surface area (Å²) in [6.45, 7) is 2.36. The Morgan fingerprint density at radius 3 is 2.20 bits per heavy atom. The number of hydrogen-bond donors (Lipinski definition) is 3. The minimum absolute atomic E-state index is 0.0820. The van der Waals surface area contributed by atoms with Gasteiger partial charge in [0, 0.05) is 17.6 Å². The van der Waals surface area contributed by atoms with E-state index in [2.05, 4.69) is 16.0 Å². The van der Waals surface area contributed by atoms with Gasteiger partial charge in [-0.3, -0.25) is 14.4 Å². The number of carbonyl (C=O) groups is 3. The number of amides is 3. The number of halogens is 3. The number of carbonyl (C=O) groups excluding carboxylic acids is 3. The first-order chi connectivity index (χ1) is 21.2. The summed E-state index contributed by atoms with van der Waals surface area (Å²) in [6.07, 6.45) is -4.04. The smallest absolute Gasteiger partial charge is 0.417 e. The van der Waals surface area contributed by atoms with Gasteiger partial charge in [0.05, 0.1) is 11.1 Å². The van der Waals surface area contributed by atoms with Crippen LogP contribution in [0.15, 0.2) is 108 Å². The molecule has 4 aromatic carbocycles. The van der Waals surface area contributed by atoms with Crippen LogP contribution in [-0.4, -0.2) is 24.3 Å². The van der Waals surface area contributed by atoms with Crippen LogP contribution in [0.4, 0.5) is 18.9 Å². The summed E-state index contributed by atoms with van der Waals surface area (Å²) >= 11 is 0. The van der Waals surface area contributed by atoms with E-state index < -0.39 is 35.2 Å². The van der Waals surface area contributed by atoms with Crippen molar-refractivity contribution in [3.8, 4) is 11.1 Å². The van der Waals surface area contributed by atoms with E-state index in [1.165, 1.54) is 36.4 Å². The van der Waals surface area contributed by atoms with E-state index in [1.54, 1.807) is 60.7 Å². The molecule has 0 spiro atoms. The maximum atomic E-state index is 14.0. The van der Waals surface area contributed by atoms with E-state index in [9.17, 15) is 27.6 Å². The Labute approximate surface area is 251 Å². The fourth-order valence-electron chi connectivity index (χ4n) is 4.82. The van der Waals surface area contributed by atoms with E-state index >= 15 is 0 Å². The Bertz CT molecular complexity index is 1800. The average Bonchev–Trinajstić information content (AvgIpc) is 3.46. The van der Waals surface area contributed by atoms with E-state index in [1.807, 2.05) is 6.92 Å². The summed E-state index contributed by atoms with van der Waals surface area (Å²) in [5.41, 5.74) is 0.124. The van der Waals surface area contributed by atoms with E-state index in [0.29, 0.717) is 28.6 Å². The fourth-order valence-corrected chi connectivity index (χ4v) is 4.82. The van der Waals surface area contributed by atoms with Crippen molar-refractivity contribution in [2.75, 3.05) is 11.9 Å². The van der Waals surface area contributed by atoms with Crippen LogP contribution in [0.2, 0.25) is 0 Å². The second-order valence-electron chi connectivity index (χ2n) is 10.0. The molecule has 7 nitrogen and oxygen atoms in total. The highest BCUT2D eigenvalue weighted by Crippen LogP contribution is 2.37. The van der Waals surface area contributed by atoms with Crippen molar-refractivity contribution in [2.45, 2.75) is 25.6 Å². The van der Waals surface area contributed by atoms with E-state index in [0.717, 1.165) is 12.5 Å². The Morgan fingerprint density at radius 2 is 1.52 bits per heavy atom. The maximum Gasteiger partial charge on any atom is 0.417 e. The van der Waals surface area contributed by atoms with Gasteiger partial charge in [0.1, 0.15) is 11.6 Å². The molecular weight excluding hydrogens is 571 g/mol. The topological polar surface area (TPSA) is 100 Å². The molecule has 0 aliphatic heterocycles. The van der Waals surface area contributed by atoms with Gasteiger partial charge in [0.15, 0.2) is 5.76 Å². The van der Waals surface area contributed by atoms with Gasteiger partial charge >= 0.3 is 6.18 Å². The third-order valence-electron chi connectivity index (χ3n) is 6.90. The molecule has 5 aromatic rings. The normalized spacial score (nSPS) is 12.0. The third-order valence-corrected chi connectivity index (χ3v) is 6.90. The molecule has 0 aliphatic rings. The molecule has 0 fully saturated rings. The minimum Gasteiger partial charge on any atom is -0.451 e. The summed E-state index contributed by atoms with van der Waals surface area (Å²) in [4.78, 5) is 39.4. The molecule has 0 saturated carbocycles. The lowest BCUT2D eigenvalue weighted by atomic mass is 9.94. The molecule has 10 heteroatoms. The average molecular weight is 600 g/mol. The molecule has 3 amide bonds. The largest absolute Gasteiger partial charge is 0.451 e. The Kier molecular flexibility index (Phi) is 8.80. The van der Waals surface area contributed by atoms with Gasteiger partial charge < -0.3 is 20.4 Å². The first-order valence-corrected chi connectivity index (χ1v) is 13.9. The highest BCUT2D eigenvalue weighted by molar-refractivity contribution is 6.10. The lowest BCUT2D eigenvalue weighted by Crippen LogP contribution is -2.40. The molecular formula is C34H28F3N3O4. The Balaban J connectivity index is 1.41. The molecule has 1 unspecified atom stereocenters. The zero-order valence-corrected chi connectivity index (χ0v) is 23.6. The molecule has 3 N–H and O–H groups in total. The zero-order chi connectivity index (χ0) is 31.3. The van der Waals surface area contributed by atoms with Crippen LogP contribution in [0.1, 0.15) is 51.4 Å². The quantitative estimate of drug-likeness (QED) is 0.165. The van der Waals surface area contributed by atoms with E-state index in [4.69, 9.17) is 4.42 Å². The van der Waals surface area contributed by atoms with Crippen molar-refractivity contribution in [2.24, 2.45) is 0 Å². The number of hydrogen-bond acceptors (Lipinski definition) is 4. The van der Waals surface area contributed by atoms with Crippen LogP contribution >= 0.6 is 0 Å². The van der Waals surface area contributed by atoms with Gasteiger partial charge in [-0.05, 0) is 53.4 Å². The van der Waals surface area contributed by atoms with Crippen LogP contribution in [0, 0.1) is 0 Å². The van der Waals surface area contributed by atoms with Gasteiger partial charge in [-0.15, -0.1) is 0 Å². The Morgan fingerprint density at radius 1 is 0.818 bits per heavy atom. The minimum atomic E-state index is -4.76. The molecule has 1 aromatic heterocycles. The highest BCUT2D eigenvalue weighted by atomic mass is 19.4. The first kappa shape index (κ1) is 30.1. The lowest BCUT2D eigenvalue weighted by Gasteiger charge is -2.18. The predicted molar refractivity (Wildman–Crippen MR) is 161 cm³/mol. The summed E-state index contributed by atoms with van der Waals surface area (Å²) in [7, 11) is 0. The van der Waals surface area contributed by atoms with Crippen LogP contribution in [0.25, 0.3) is 22.1 Å². The summed E-state index contributed by atoms with van der Waals surface area (Å²) in [5, 5.41) is 8.48. The number of benzene rings is 4. The van der Waals surface area contributed by atoms with Crippen LogP contribution in [0.5, 0.6) is 0 Å². The molecule has 1 atom stereocenters. The van der Waals surface area contributed by atoms with Gasteiger partial charge in [0.2, 0.25) is 5.91 Å². The SMILES string of the molecule is CCCNC(=O)C(NC(=O)c1cc2cc(NC(=O)c3c(-c4ccccc4)cccc3C(F)(F)F)ccc2o1)c1ccccc1. The molecule has 0 bridgehead atoms. The molecule has 0 saturated heterocycles. The van der Waals surface area contributed by atoms with Crippen LogP contribution < -0.4 is 16.0 Å². The molecule has 5 rings (SSSR count). The van der Waals surface area contributed by atoms with Crippen molar-refractivity contribution in [3.63, 3.8) is 0 Å². The molecule has 1 heterocycles. The molecule has 224 valence electrons. The molecule has 44 heavy (non-hydrogen) atoms. The van der Waals surface area contributed by atoms with E-state index in [-0.39, 0.29) is 22.9 Å². The maximum absolute atomic E-state index is 14.0. The van der Waals surface area contributed by atoms with Gasteiger partial charge in [-0.2, -0.15) is 13.2 Å². The monoisotopic (exact) mass is 599 g/mol. The number of alkyl halides is 3. The van der Waals surface area contributed by atoms with Crippen molar-refractivity contribution in [1.82, 2.24) is 10.6 Å². The number of nitrogens with one attached hydrogen (secondary N) is 3. The molecule has 0 aliphatic carbocycles. The van der Waals surface area contributed by atoms with Crippen LogP contribution in [0.3, 0.4) is 0 Å². The standard InChI is InChI=1S/C34H28F3N3O4/c1-2-18-38-33(43)30(22-12-7-4-8-13-22)40-31(41)28-20-23-19-24(16-17-27(23)44-28)39-32(42)29-25(21-10-5-3-6-11-21)14-9-15-26(29)34(35,36)37/h3-17,19-20,30H,2,18H2,1H3,(H,38,43)(H,39,42)(H,40,41). The van der Waals surface area contributed by atoms with Crippen molar-refractivity contribution >= 4 is 34.4 Å². The highest BCUT2D eigenvalue weighted by Gasteiger charge is 2.36. The number of fused-ring (bicyclic) bond motifs is 1. The predicted octanol–water partition coefficient (Wildman–Crippen LogP) is 7.37. The second-order valence-corrected chi connectivity index (χ2v) is 10.0. The number of anilines is 1. The Hall–Kier alpha value is -5.38. The first-order valence-electron chi connectivity index (χ1n) is 13.9. The lowest BCUT2D eigenvalue weighted by molar-refractivity contribution is -0.137. The van der Waals surface area contributed by atoms with Crippen molar-refractivity contribution in [1.29, 1.82) is 0 Å². The van der Waals surface area contributed by atoms with Crippen molar-refractivity contribution in [3.05, 3.63) is 126 Å². The van der Waals surface area contributed by atoms with Gasteiger partial charge in [-0.25, -0.2) is 0 Å². The summed E-state index contributed by atoms with van der Waals surface area (Å²) in [5.74, 6) is -2.04. The van der Waals surface area contributed by atoms with Gasteiger partial charge in [0.25, 0.3) is 11.8 Å². The molecule has 0 radical (unpaired) electrons. The third kappa shape index (κ3) is 6.64. The second kappa shape index (κ2) is 12.9. The van der Waals surface area contributed by atoms with Crippen LogP contribution in [-0.2, 0) is 11.0 Å². The number of furan rings is 1. The number of rotatable bonds is 9. The fraction of sp³-hybridized carbons (Fsp3) is 0.147. The van der Waals surface area contributed by atoms with Gasteiger partial charge in [-0.1, -0.05) is 79.7 Å². The summed E-state index contributed by atoms with van der Waals surface area (Å²) < 4.78 is 47.7. The summed E-state index contributed by atoms with van der Waals surface area (Å²) in [6, 6.07) is 25.7.